The van der Waals surface area contributed by atoms with Gasteiger partial charge in [0.15, 0.2) is 0 Å². The molecular weight excluding hydrogens is 160 g/mol. The zero-order chi connectivity index (χ0) is 9.31. The molecule has 2 fully saturated rings. The highest BCUT2D eigenvalue weighted by Crippen LogP contribution is 2.38. The van der Waals surface area contributed by atoms with Crippen LogP contribution in [-0.2, 0) is 0 Å². The highest BCUT2D eigenvalue weighted by atomic mass is 15.3. The van der Waals surface area contributed by atoms with E-state index in [-0.39, 0.29) is 0 Å². The first-order valence-electron chi connectivity index (χ1n) is 5.65. The summed E-state index contributed by atoms with van der Waals surface area (Å²) in [5.41, 5.74) is 0.737. The summed E-state index contributed by atoms with van der Waals surface area (Å²) >= 11 is 0. The molecule has 1 spiro atoms. The molecule has 0 aromatic rings. The molecule has 13 heavy (non-hydrogen) atoms. The summed E-state index contributed by atoms with van der Waals surface area (Å²) in [6.45, 7) is 9.06. The molecule has 0 aliphatic carbocycles. The maximum absolute atomic E-state index is 2.63. The third kappa shape index (κ3) is 1.89. The van der Waals surface area contributed by atoms with Crippen molar-refractivity contribution < 1.29 is 0 Å². The van der Waals surface area contributed by atoms with Gasteiger partial charge in [-0.3, -0.25) is 0 Å². The topological polar surface area (TPSA) is 6.48 Å². The number of unbranched alkanes of at least 4 members (excludes halogenated alkanes) is 2. The normalized spacial score (nSPS) is 27.2. The van der Waals surface area contributed by atoms with Gasteiger partial charge in [0.25, 0.3) is 0 Å². The van der Waals surface area contributed by atoms with Crippen molar-refractivity contribution in [2.45, 2.75) is 26.2 Å². The second-order valence-corrected chi connectivity index (χ2v) is 5.09. The van der Waals surface area contributed by atoms with Crippen molar-refractivity contribution in [2.75, 3.05) is 39.8 Å². The minimum atomic E-state index is 0.737. The predicted molar refractivity (Wildman–Crippen MR) is 55.9 cm³/mol. The maximum Gasteiger partial charge on any atom is 0.0212 e. The van der Waals surface area contributed by atoms with E-state index in [0.717, 1.165) is 5.41 Å². The number of hydrogen-bond donors (Lipinski definition) is 0. The van der Waals surface area contributed by atoms with Crippen molar-refractivity contribution in [1.82, 2.24) is 9.80 Å². The van der Waals surface area contributed by atoms with E-state index in [2.05, 4.69) is 23.8 Å². The Hall–Kier alpha value is -0.0800. The van der Waals surface area contributed by atoms with Gasteiger partial charge in [0.05, 0.1) is 0 Å². The van der Waals surface area contributed by atoms with Crippen molar-refractivity contribution in [3.63, 3.8) is 0 Å². The quantitative estimate of drug-likeness (QED) is 0.607. The lowest BCUT2D eigenvalue weighted by Gasteiger charge is -2.59. The molecule has 0 aromatic carbocycles. The Kier molecular flexibility index (Phi) is 2.61. The molecule has 2 rings (SSSR count). The third-order valence-electron chi connectivity index (χ3n) is 3.41. The fourth-order valence-corrected chi connectivity index (χ4v) is 2.94. The van der Waals surface area contributed by atoms with E-state index >= 15 is 0 Å². The van der Waals surface area contributed by atoms with Crippen LogP contribution >= 0.6 is 0 Å². The van der Waals surface area contributed by atoms with Gasteiger partial charge in [-0.2, -0.15) is 0 Å². The Morgan fingerprint density at radius 1 is 1.08 bits per heavy atom. The summed E-state index contributed by atoms with van der Waals surface area (Å²) in [7, 11) is 2.23. The maximum atomic E-state index is 2.63. The fourth-order valence-electron chi connectivity index (χ4n) is 2.94. The molecule has 0 unspecified atom stereocenters. The van der Waals surface area contributed by atoms with Crippen LogP contribution < -0.4 is 0 Å². The Morgan fingerprint density at radius 2 is 1.77 bits per heavy atom. The van der Waals surface area contributed by atoms with Crippen LogP contribution in [0.15, 0.2) is 0 Å². The Balaban J connectivity index is 1.57. The van der Waals surface area contributed by atoms with Crippen molar-refractivity contribution in [1.29, 1.82) is 0 Å². The monoisotopic (exact) mass is 182 g/mol. The highest BCUT2D eigenvalue weighted by molar-refractivity contribution is 5.04. The molecule has 2 heterocycles. The van der Waals surface area contributed by atoms with Crippen LogP contribution in [0.4, 0.5) is 0 Å². The SMILES string of the molecule is CCCCCN1CC2(CN(C)C2)C1. The molecule has 0 saturated carbocycles. The van der Waals surface area contributed by atoms with Gasteiger partial charge in [-0.1, -0.05) is 19.8 Å². The summed E-state index contributed by atoms with van der Waals surface area (Å²) in [4.78, 5) is 5.06. The molecule has 2 aliphatic heterocycles. The van der Waals surface area contributed by atoms with Crippen molar-refractivity contribution in [3.8, 4) is 0 Å². The van der Waals surface area contributed by atoms with E-state index in [1.165, 1.54) is 52.0 Å². The molecule has 0 aromatic heterocycles. The van der Waals surface area contributed by atoms with E-state index < -0.39 is 0 Å². The van der Waals surface area contributed by atoms with E-state index in [4.69, 9.17) is 0 Å². The molecule has 2 nitrogen and oxygen atoms in total. The van der Waals surface area contributed by atoms with Gasteiger partial charge < -0.3 is 9.80 Å². The lowest BCUT2D eigenvalue weighted by molar-refractivity contribution is -0.104. The van der Waals surface area contributed by atoms with Crippen LogP contribution in [0.1, 0.15) is 26.2 Å². The van der Waals surface area contributed by atoms with Gasteiger partial charge in [0.2, 0.25) is 0 Å². The highest BCUT2D eigenvalue weighted by Gasteiger charge is 2.49. The minimum Gasteiger partial charge on any atom is -0.305 e. The first kappa shape index (κ1) is 9.47. The molecule has 2 aliphatic rings. The standard InChI is InChI=1S/C11H22N2/c1-3-4-5-6-13-9-11(10-13)7-12(2)8-11/h3-10H2,1-2H3. The van der Waals surface area contributed by atoms with Gasteiger partial charge in [-0.05, 0) is 20.0 Å². The van der Waals surface area contributed by atoms with Crippen LogP contribution in [0.25, 0.3) is 0 Å². The average molecular weight is 182 g/mol. The van der Waals surface area contributed by atoms with Gasteiger partial charge in [0, 0.05) is 31.6 Å². The molecule has 0 bridgehead atoms. The van der Waals surface area contributed by atoms with Gasteiger partial charge >= 0.3 is 0 Å². The summed E-state index contributed by atoms with van der Waals surface area (Å²) in [6.07, 6.45) is 4.16. The summed E-state index contributed by atoms with van der Waals surface area (Å²) < 4.78 is 0. The molecule has 0 N–H and O–H groups in total. The van der Waals surface area contributed by atoms with Gasteiger partial charge in [-0.25, -0.2) is 0 Å². The summed E-state index contributed by atoms with van der Waals surface area (Å²) in [5, 5.41) is 0. The lowest BCUT2D eigenvalue weighted by atomic mass is 9.73. The smallest absolute Gasteiger partial charge is 0.0212 e. The van der Waals surface area contributed by atoms with Crippen LogP contribution in [0.3, 0.4) is 0 Å². The zero-order valence-electron chi connectivity index (χ0n) is 9.05. The Bertz CT molecular complexity index is 165. The number of hydrogen-bond acceptors (Lipinski definition) is 2. The Morgan fingerprint density at radius 3 is 2.31 bits per heavy atom. The second kappa shape index (κ2) is 3.58. The van der Waals surface area contributed by atoms with Crippen LogP contribution in [0.2, 0.25) is 0 Å². The lowest BCUT2D eigenvalue weighted by Crippen LogP contribution is -2.71. The van der Waals surface area contributed by atoms with Crippen LogP contribution in [0.5, 0.6) is 0 Å². The van der Waals surface area contributed by atoms with Gasteiger partial charge in [0.1, 0.15) is 0 Å². The summed E-state index contributed by atoms with van der Waals surface area (Å²) in [6, 6.07) is 0. The van der Waals surface area contributed by atoms with Gasteiger partial charge in [-0.15, -0.1) is 0 Å². The number of likely N-dealkylation sites (tertiary alicyclic amines) is 2. The zero-order valence-corrected chi connectivity index (χ0v) is 9.05. The van der Waals surface area contributed by atoms with Crippen molar-refractivity contribution in [2.24, 2.45) is 5.41 Å². The third-order valence-corrected chi connectivity index (χ3v) is 3.41. The Labute approximate surface area is 81.9 Å². The second-order valence-electron chi connectivity index (χ2n) is 5.09. The molecule has 76 valence electrons. The minimum absolute atomic E-state index is 0.737. The molecule has 0 atom stereocenters. The molecule has 0 amide bonds. The number of nitrogens with zero attached hydrogens (tertiary/aromatic N) is 2. The first-order valence-corrected chi connectivity index (χ1v) is 5.65. The van der Waals surface area contributed by atoms with Crippen molar-refractivity contribution in [3.05, 3.63) is 0 Å². The molecular formula is C11H22N2. The molecule has 2 saturated heterocycles. The van der Waals surface area contributed by atoms with Crippen molar-refractivity contribution >= 4 is 0 Å². The van der Waals surface area contributed by atoms with E-state index in [1.54, 1.807) is 0 Å². The predicted octanol–water partition coefficient (Wildman–Crippen LogP) is 1.42. The van der Waals surface area contributed by atoms with E-state index in [1.807, 2.05) is 0 Å². The molecule has 2 heteroatoms. The van der Waals surface area contributed by atoms with E-state index in [9.17, 15) is 0 Å². The first-order chi connectivity index (χ1) is 6.24. The average Bonchev–Trinajstić information content (AvgIpc) is 1.97. The van der Waals surface area contributed by atoms with Crippen LogP contribution in [0, 0.1) is 5.41 Å². The summed E-state index contributed by atoms with van der Waals surface area (Å²) in [5.74, 6) is 0. The largest absolute Gasteiger partial charge is 0.305 e. The number of rotatable bonds is 4. The van der Waals surface area contributed by atoms with E-state index in [0.29, 0.717) is 0 Å². The fraction of sp³-hybridized carbons (Fsp3) is 1.00. The van der Waals surface area contributed by atoms with Crippen LogP contribution in [-0.4, -0.2) is 49.6 Å². The molecule has 0 radical (unpaired) electrons.